The van der Waals surface area contributed by atoms with E-state index in [1.54, 1.807) is 23.1 Å². The third kappa shape index (κ3) is 3.34. The smallest absolute Gasteiger partial charge is 0.240 e. The molecule has 0 aromatic heterocycles. The molecule has 3 rings (SSSR count). The van der Waals surface area contributed by atoms with Gasteiger partial charge in [-0.2, -0.15) is 0 Å². The van der Waals surface area contributed by atoms with E-state index < -0.39 is 10.0 Å². The maximum absolute atomic E-state index is 12.5. The highest BCUT2D eigenvalue weighted by atomic mass is 32.2. The lowest BCUT2D eigenvalue weighted by molar-refractivity contribution is -0.116. The summed E-state index contributed by atoms with van der Waals surface area (Å²) in [5.41, 5.74) is 3.71. The van der Waals surface area contributed by atoms with E-state index >= 15 is 0 Å². The third-order valence-electron chi connectivity index (χ3n) is 4.19. The lowest BCUT2D eigenvalue weighted by Crippen LogP contribution is -2.26. The number of aryl methyl sites for hydroxylation is 1. The van der Waals surface area contributed by atoms with Crippen molar-refractivity contribution in [1.82, 2.24) is 4.72 Å². The largest absolute Gasteiger partial charge is 0.312 e. The predicted molar refractivity (Wildman–Crippen MR) is 93.4 cm³/mol. The molecule has 5 nitrogen and oxygen atoms in total. The van der Waals surface area contributed by atoms with Gasteiger partial charge >= 0.3 is 0 Å². The van der Waals surface area contributed by atoms with Crippen LogP contribution < -0.4 is 9.62 Å². The fraction of sp³-hybridized carbons (Fsp3) is 0.278. The maximum atomic E-state index is 12.5. The molecule has 0 saturated carbocycles. The number of hydrogen-bond acceptors (Lipinski definition) is 3. The van der Waals surface area contributed by atoms with Gasteiger partial charge in [0.15, 0.2) is 0 Å². The lowest BCUT2D eigenvalue weighted by atomic mass is 10.1. The Morgan fingerprint density at radius 3 is 2.71 bits per heavy atom. The molecular formula is C18H20N2O3S. The Labute approximate surface area is 142 Å². The van der Waals surface area contributed by atoms with Crippen LogP contribution in [0.2, 0.25) is 0 Å². The first kappa shape index (κ1) is 16.7. The minimum atomic E-state index is -3.58. The summed E-state index contributed by atoms with van der Waals surface area (Å²) in [4.78, 5) is 13.5. The number of fused-ring (bicyclic) bond motifs is 1. The number of nitrogens with one attached hydrogen (secondary N) is 1. The van der Waals surface area contributed by atoms with Crippen LogP contribution in [0.15, 0.2) is 47.4 Å². The summed E-state index contributed by atoms with van der Waals surface area (Å²) in [6.45, 7) is 4.34. The Morgan fingerprint density at radius 2 is 2.00 bits per heavy atom. The highest BCUT2D eigenvalue weighted by Crippen LogP contribution is 2.30. The van der Waals surface area contributed by atoms with Crippen LogP contribution in [-0.4, -0.2) is 20.9 Å². The SMILES string of the molecule is CC(=O)N1CCc2cc(S(=O)(=O)NCc3cccc(C)c3)ccc21. The fourth-order valence-corrected chi connectivity index (χ4v) is 4.02. The molecule has 0 radical (unpaired) electrons. The van der Waals surface area contributed by atoms with Crippen LogP contribution in [0, 0.1) is 6.92 Å². The van der Waals surface area contributed by atoms with E-state index in [1.165, 1.54) is 6.92 Å². The number of carbonyl (C=O) groups excluding carboxylic acids is 1. The molecule has 126 valence electrons. The van der Waals surface area contributed by atoms with E-state index in [0.29, 0.717) is 13.0 Å². The monoisotopic (exact) mass is 344 g/mol. The molecule has 24 heavy (non-hydrogen) atoms. The van der Waals surface area contributed by atoms with Gasteiger partial charge in [-0.05, 0) is 42.7 Å². The number of sulfonamides is 1. The molecule has 0 spiro atoms. The van der Waals surface area contributed by atoms with Gasteiger partial charge in [0.05, 0.1) is 4.90 Å². The number of carbonyl (C=O) groups is 1. The Morgan fingerprint density at radius 1 is 1.21 bits per heavy atom. The van der Waals surface area contributed by atoms with Crippen molar-refractivity contribution in [2.24, 2.45) is 0 Å². The predicted octanol–water partition coefficient (Wildman–Crippen LogP) is 2.38. The van der Waals surface area contributed by atoms with Crippen LogP contribution in [-0.2, 0) is 27.8 Å². The maximum Gasteiger partial charge on any atom is 0.240 e. The van der Waals surface area contributed by atoms with Crippen LogP contribution in [0.3, 0.4) is 0 Å². The molecule has 6 heteroatoms. The normalized spacial score (nSPS) is 13.8. The summed E-state index contributed by atoms with van der Waals surface area (Å²) in [7, 11) is -3.58. The zero-order valence-corrected chi connectivity index (χ0v) is 14.6. The van der Waals surface area contributed by atoms with Gasteiger partial charge in [-0.15, -0.1) is 0 Å². The quantitative estimate of drug-likeness (QED) is 0.926. The van der Waals surface area contributed by atoms with Gasteiger partial charge in [0.2, 0.25) is 15.9 Å². The van der Waals surface area contributed by atoms with Gasteiger partial charge in [-0.3, -0.25) is 4.79 Å². The molecule has 0 atom stereocenters. The molecule has 0 aliphatic carbocycles. The number of anilines is 1. The molecule has 0 fully saturated rings. The summed E-state index contributed by atoms with van der Waals surface area (Å²) in [5, 5.41) is 0. The fourth-order valence-electron chi connectivity index (χ4n) is 2.96. The molecule has 2 aromatic rings. The summed E-state index contributed by atoms with van der Waals surface area (Å²) in [5.74, 6) is -0.0260. The van der Waals surface area contributed by atoms with Gasteiger partial charge in [-0.25, -0.2) is 13.1 Å². The van der Waals surface area contributed by atoms with E-state index in [0.717, 1.165) is 22.4 Å². The Bertz CT molecular complexity index is 891. The van der Waals surface area contributed by atoms with Crippen LogP contribution in [0.5, 0.6) is 0 Å². The van der Waals surface area contributed by atoms with Crippen LogP contribution in [0.25, 0.3) is 0 Å². The summed E-state index contributed by atoms with van der Waals surface area (Å²) >= 11 is 0. The highest BCUT2D eigenvalue weighted by Gasteiger charge is 2.24. The zero-order valence-electron chi connectivity index (χ0n) is 13.7. The molecule has 1 N–H and O–H groups in total. The molecule has 1 aliphatic rings. The number of rotatable bonds is 4. The van der Waals surface area contributed by atoms with Crippen LogP contribution >= 0.6 is 0 Å². The van der Waals surface area contributed by atoms with Crippen molar-refractivity contribution in [1.29, 1.82) is 0 Å². The van der Waals surface area contributed by atoms with Crippen molar-refractivity contribution in [3.8, 4) is 0 Å². The average molecular weight is 344 g/mol. The minimum absolute atomic E-state index is 0.0260. The minimum Gasteiger partial charge on any atom is -0.312 e. The Hall–Kier alpha value is -2.18. The second-order valence-corrected chi connectivity index (χ2v) is 7.79. The Balaban J connectivity index is 1.79. The highest BCUT2D eigenvalue weighted by molar-refractivity contribution is 7.89. The molecule has 1 aliphatic heterocycles. The molecule has 1 heterocycles. The van der Waals surface area contributed by atoms with Gasteiger partial charge in [-0.1, -0.05) is 29.8 Å². The second-order valence-electron chi connectivity index (χ2n) is 6.02. The lowest BCUT2D eigenvalue weighted by Gasteiger charge is -2.15. The number of amides is 1. The van der Waals surface area contributed by atoms with Gasteiger partial charge in [0.25, 0.3) is 0 Å². The van der Waals surface area contributed by atoms with Crippen LogP contribution in [0.4, 0.5) is 5.69 Å². The topological polar surface area (TPSA) is 66.5 Å². The van der Waals surface area contributed by atoms with Gasteiger partial charge in [0.1, 0.15) is 0 Å². The van der Waals surface area contributed by atoms with Crippen molar-refractivity contribution in [2.75, 3.05) is 11.4 Å². The van der Waals surface area contributed by atoms with Crippen molar-refractivity contribution >= 4 is 21.6 Å². The summed E-state index contributed by atoms with van der Waals surface area (Å²) in [6, 6.07) is 12.7. The van der Waals surface area contributed by atoms with E-state index in [1.807, 2.05) is 31.2 Å². The molecule has 1 amide bonds. The third-order valence-corrected chi connectivity index (χ3v) is 5.58. The second kappa shape index (κ2) is 6.37. The number of benzene rings is 2. The Kier molecular flexibility index (Phi) is 4.43. The molecular weight excluding hydrogens is 324 g/mol. The van der Waals surface area contributed by atoms with Crippen molar-refractivity contribution in [3.05, 3.63) is 59.2 Å². The number of nitrogens with zero attached hydrogens (tertiary/aromatic N) is 1. The van der Waals surface area contributed by atoms with E-state index in [9.17, 15) is 13.2 Å². The zero-order chi connectivity index (χ0) is 17.3. The van der Waals surface area contributed by atoms with E-state index in [2.05, 4.69) is 4.72 Å². The van der Waals surface area contributed by atoms with Gasteiger partial charge < -0.3 is 4.90 Å². The number of hydrogen-bond donors (Lipinski definition) is 1. The average Bonchev–Trinajstić information content (AvgIpc) is 2.96. The van der Waals surface area contributed by atoms with Crippen LogP contribution in [0.1, 0.15) is 23.6 Å². The van der Waals surface area contributed by atoms with Crippen molar-refractivity contribution < 1.29 is 13.2 Å². The van der Waals surface area contributed by atoms with Gasteiger partial charge in [0, 0.05) is 25.7 Å². The summed E-state index contributed by atoms with van der Waals surface area (Å²) < 4.78 is 27.7. The molecule has 0 unspecified atom stereocenters. The summed E-state index contributed by atoms with van der Waals surface area (Å²) in [6.07, 6.45) is 0.677. The van der Waals surface area contributed by atoms with E-state index in [-0.39, 0.29) is 17.3 Å². The van der Waals surface area contributed by atoms with E-state index in [4.69, 9.17) is 0 Å². The molecule has 2 aromatic carbocycles. The molecule has 0 saturated heterocycles. The standard InChI is InChI=1S/C18H20N2O3S/c1-13-4-3-5-15(10-13)12-19-24(22,23)17-6-7-18-16(11-17)8-9-20(18)14(2)21/h3-7,10-11,19H,8-9,12H2,1-2H3. The molecule has 0 bridgehead atoms. The first-order chi connectivity index (χ1) is 11.4. The first-order valence-electron chi connectivity index (χ1n) is 7.83. The van der Waals surface area contributed by atoms with Crippen molar-refractivity contribution in [3.63, 3.8) is 0 Å². The first-order valence-corrected chi connectivity index (χ1v) is 9.31. The van der Waals surface area contributed by atoms with Crippen molar-refractivity contribution in [2.45, 2.75) is 31.7 Å².